The average Bonchev–Trinajstić information content (AvgIpc) is 3.02. The van der Waals surface area contributed by atoms with Gasteiger partial charge >= 0.3 is 0 Å². The number of nitrogens with zero attached hydrogens (tertiary/aromatic N) is 5. The number of rotatable bonds is 2. The third-order valence-corrected chi connectivity index (χ3v) is 4.26. The summed E-state index contributed by atoms with van der Waals surface area (Å²) in [6.45, 7) is 2.78. The van der Waals surface area contributed by atoms with Crippen molar-refractivity contribution >= 4 is 17.2 Å². The third kappa shape index (κ3) is 2.32. The molecule has 0 atom stereocenters. The predicted molar refractivity (Wildman–Crippen MR) is 81.2 cm³/mol. The topological polar surface area (TPSA) is 38.4 Å². The van der Waals surface area contributed by atoms with E-state index in [-0.39, 0.29) is 0 Å². The lowest BCUT2D eigenvalue weighted by Crippen LogP contribution is -2.30. The van der Waals surface area contributed by atoms with Gasteiger partial charge in [-0.3, -0.25) is 4.90 Å². The number of aryl methyl sites for hydroxylation is 1. The first kappa shape index (κ1) is 12.9. The summed E-state index contributed by atoms with van der Waals surface area (Å²) in [5.74, 6) is 0. The zero-order chi connectivity index (χ0) is 14.4. The predicted octanol–water partition coefficient (Wildman–Crippen LogP) is 2.28. The highest BCUT2D eigenvalue weighted by atomic mass is 35.5. The Morgan fingerprint density at radius 3 is 3.10 bits per heavy atom. The van der Waals surface area contributed by atoms with Crippen molar-refractivity contribution in [3.05, 3.63) is 53.0 Å². The van der Waals surface area contributed by atoms with Gasteiger partial charge in [0.25, 0.3) is 0 Å². The second-order valence-electron chi connectivity index (χ2n) is 5.55. The molecular weight excluding hydrogens is 286 g/mol. The fraction of sp³-hybridized carbons (Fsp3) is 0.333. The molecule has 3 aromatic rings. The van der Waals surface area contributed by atoms with Gasteiger partial charge in [-0.25, -0.2) is 9.97 Å². The van der Waals surface area contributed by atoms with Crippen LogP contribution in [0.3, 0.4) is 0 Å². The highest BCUT2D eigenvalue weighted by molar-refractivity contribution is 6.30. The Labute approximate surface area is 127 Å². The number of hydrogen-bond acceptors (Lipinski definition) is 3. The van der Waals surface area contributed by atoms with Gasteiger partial charge in [-0.05, 0) is 12.1 Å². The number of halogens is 1. The van der Waals surface area contributed by atoms with E-state index in [1.54, 1.807) is 0 Å². The number of imidazole rings is 2. The molecule has 1 aliphatic rings. The van der Waals surface area contributed by atoms with E-state index in [9.17, 15) is 0 Å². The van der Waals surface area contributed by atoms with Gasteiger partial charge in [-0.2, -0.15) is 0 Å². The summed E-state index contributed by atoms with van der Waals surface area (Å²) < 4.78 is 4.10. The molecule has 0 aromatic carbocycles. The van der Waals surface area contributed by atoms with E-state index in [0.29, 0.717) is 0 Å². The Hall–Kier alpha value is -1.85. The van der Waals surface area contributed by atoms with Gasteiger partial charge in [0.1, 0.15) is 5.65 Å². The van der Waals surface area contributed by atoms with E-state index in [4.69, 9.17) is 11.6 Å². The van der Waals surface area contributed by atoms with E-state index < -0.39 is 0 Å². The highest BCUT2D eigenvalue weighted by Gasteiger charge is 2.20. The van der Waals surface area contributed by atoms with Gasteiger partial charge in [0.05, 0.1) is 22.7 Å². The van der Waals surface area contributed by atoms with Crippen LogP contribution in [0.2, 0.25) is 5.02 Å². The molecule has 1 aliphatic heterocycles. The van der Waals surface area contributed by atoms with E-state index in [2.05, 4.69) is 32.7 Å². The molecule has 108 valence electrons. The highest BCUT2D eigenvalue weighted by Crippen LogP contribution is 2.19. The normalized spacial score (nSPS) is 15.5. The Bertz CT molecular complexity index is 804. The quantitative estimate of drug-likeness (QED) is 0.729. The molecule has 0 saturated carbocycles. The molecule has 0 saturated heterocycles. The minimum Gasteiger partial charge on any atom is -0.337 e. The maximum atomic E-state index is 6.01. The van der Waals surface area contributed by atoms with E-state index >= 15 is 0 Å². The molecule has 5 nitrogen and oxygen atoms in total. The molecule has 21 heavy (non-hydrogen) atoms. The molecular formula is C15H16ClN5. The van der Waals surface area contributed by atoms with Gasteiger partial charge in [-0.1, -0.05) is 11.6 Å². The van der Waals surface area contributed by atoms with Crippen molar-refractivity contribution < 1.29 is 0 Å². The lowest BCUT2D eigenvalue weighted by molar-refractivity contribution is 0.237. The summed E-state index contributed by atoms with van der Waals surface area (Å²) >= 11 is 6.01. The molecule has 0 amide bonds. The van der Waals surface area contributed by atoms with Crippen molar-refractivity contribution in [1.82, 2.24) is 23.8 Å². The molecule has 0 unspecified atom stereocenters. The van der Waals surface area contributed by atoms with Crippen LogP contribution in [0, 0.1) is 0 Å². The zero-order valence-corrected chi connectivity index (χ0v) is 12.6. The smallest absolute Gasteiger partial charge is 0.137 e. The molecule has 4 heterocycles. The van der Waals surface area contributed by atoms with Crippen LogP contribution in [0.5, 0.6) is 0 Å². The maximum Gasteiger partial charge on any atom is 0.137 e. The molecule has 0 spiro atoms. The molecule has 6 heteroatoms. The fourth-order valence-corrected chi connectivity index (χ4v) is 3.14. The van der Waals surface area contributed by atoms with Crippen LogP contribution in [0.25, 0.3) is 5.65 Å². The molecule has 0 N–H and O–H groups in total. The molecule has 0 radical (unpaired) electrons. The van der Waals surface area contributed by atoms with Crippen molar-refractivity contribution in [3.63, 3.8) is 0 Å². The molecule has 0 fully saturated rings. The van der Waals surface area contributed by atoms with Crippen LogP contribution >= 0.6 is 11.6 Å². The second-order valence-corrected chi connectivity index (χ2v) is 5.99. The maximum absolute atomic E-state index is 6.01. The number of fused-ring (bicyclic) bond motifs is 2. The Kier molecular flexibility index (Phi) is 2.97. The Balaban J connectivity index is 1.55. The van der Waals surface area contributed by atoms with Gasteiger partial charge in [0, 0.05) is 51.2 Å². The van der Waals surface area contributed by atoms with Gasteiger partial charge < -0.3 is 8.97 Å². The van der Waals surface area contributed by atoms with Crippen LogP contribution < -0.4 is 0 Å². The summed E-state index contributed by atoms with van der Waals surface area (Å²) in [6, 6.07) is 3.81. The first-order chi connectivity index (χ1) is 10.2. The molecule has 0 bridgehead atoms. The Morgan fingerprint density at radius 1 is 1.29 bits per heavy atom. The first-order valence-corrected chi connectivity index (χ1v) is 7.41. The molecule has 0 aliphatic carbocycles. The van der Waals surface area contributed by atoms with E-state index in [0.717, 1.165) is 42.4 Å². The van der Waals surface area contributed by atoms with Crippen molar-refractivity contribution in [2.24, 2.45) is 7.05 Å². The van der Waals surface area contributed by atoms with Gasteiger partial charge in [-0.15, -0.1) is 0 Å². The number of aromatic nitrogens is 4. The van der Waals surface area contributed by atoms with E-state index in [1.807, 2.05) is 29.1 Å². The summed E-state index contributed by atoms with van der Waals surface area (Å²) in [6.07, 6.45) is 6.89. The summed E-state index contributed by atoms with van der Waals surface area (Å²) in [4.78, 5) is 11.5. The lowest BCUT2D eigenvalue weighted by atomic mass is 10.1. The van der Waals surface area contributed by atoms with Crippen molar-refractivity contribution in [2.45, 2.75) is 19.5 Å². The largest absolute Gasteiger partial charge is 0.337 e. The molecule has 4 rings (SSSR count). The summed E-state index contributed by atoms with van der Waals surface area (Å²) in [5, 5.41) is 0.725. The fourth-order valence-electron chi connectivity index (χ4n) is 2.97. The average molecular weight is 302 g/mol. The number of hydrogen-bond donors (Lipinski definition) is 0. The standard InChI is InChI=1S/C15H16ClN5/c1-19-10-17-13-9-20(5-4-14(13)19)7-12-8-21-6-11(16)2-3-15(21)18-12/h2-3,6,8,10H,4-5,7,9H2,1H3. The van der Waals surface area contributed by atoms with Crippen LogP contribution in [0.1, 0.15) is 17.1 Å². The van der Waals surface area contributed by atoms with Gasteiger partial charge in [0.15, 0.2) is 0 Å². The van der Waals surface area contributed by atoms with Crippen LogP contribution in [-0.4, -0.2) is 30.4 Å². The van der Waals surface area contributed by atoms with Crippen molar-refractivity contribution in [2.75, 3.05) is 6.54 Å². The molecule has 3 aromatic heterocycles. The Morgan fingerprint density at radius 2 is 2.19 bits per heavy atom. The first-order valence-electron chi connectivity index (χ1n) is 7.03. The lowest BCUT2D eigenvalue weighted by Gasteiger charge is -2.25. The van der Waals surface area contributed by atoms with E-state index in [1.165, 1.54) is 11.4 Å². The van der Waals surface area contributed by atoms with Crippen LogP contribution in [-0.2, 0) is 26.6 Å². The van der Waals surface area contributed by atoms with Crippen molar-refractivity contribution in [3.8, 4) is 0 Å². The minimum absolute atomic E-state index is 0.725. The SMILES string of the molecule is Cn1cnc2c1CCN(Cc1cn3cc(Cl)ccc3n1)C2. The third-order valence-electron chi connectivity index (χ3n) is 4.03. The van der Waals surface area contributed by atoms with Crippen molar-refractivity contribution in [1.29, 1.82) is 0 Å². The number of pyridine rings is 1. The zero-order valence-electron chi connectivity index (χ0n) is 11.8. The van der Waals surface area contributed by atoms with Crippen LogP contribution in [0.15, 0.2) is 30.9 Å². The van der Waals surface area contributed by atoms with Gasteiger partial charge in [0.2, 0.25) is 0 Å². The van der Waals surface area contributed by atoms with Crippen LogP contribution in [0.4, 0.5) is 0 Å². The summed E-state index contributed by atoms with van der Waals surface area (Å²) in [7, 11) is 2.06. The minimum atomic E-state index is 0.725. The monoisotopic (exact) mass is 301 g/mol. The second kappa shape index (κ2) is 4.86. The summed E-state index contributed by atoms with van der Waals surface area (Å²) in [5.41, 5.74) is 4.55.